The normalized spacial score (nSPS) is 21.2. The SMILES string of the molecule is CCS(=O)(=O)N1CCCC(c2nnc3n2CCN(C(=O)c2ccsc2)C3)C1. The molecule has 1 saturated heterocycles. The molecule has 2 aromatic heterocycles. The second-order valence-electron chi connectivity index (χ2n) is 6.96. The summed E-state index contributed by atoms with van der Waals surface area (Å²) in [6, 6.07) is 1.84. The van der Waals surface area contributed by atoms with E-state index in [0.29, 0.717) is 38.3 Å². The smallest absolute Gasteiger partial charge is 0.255 e. The van der Waals surface area contributed by atoms with Crippen molar-refractivity contribution in [2.45, 2.75) is 38.8 Å². The van der Waals surface area contributed by atoms with Crippen LogP contribution >= 0.6 is 11.3 Å². The summed E-state index contributed by atoms with van der Waals surface area (Å²) < 4.78 is 28.1. The van der Waals surface area contributed by atoms with E-state index < -0.39 is 10.0 Å². The van der Waals surface area contributed by atoms with Gasteiger partial charge in [-0.2, -0.15) is 11.3 Å². The number of sulfonamides is 1. The number of fused-ring (bicyclic) bond motifs is 1. The van der Waals surface area contributed by atoms with E-state index in [1.807, 2.05) is 16.8 Å². The number of hydrogen-bond donors (Lipinski definition) is 0. The van der Waals surface area contributed by atoms with Crippen LogP contribution in [0.4, 0.5) is 0 Å². The highest BCUT2D eigenvalue weighted by Crippen LogP contribution is 2.29. The van der Waals surface area contributed by atoms with Crippen LogP contribution in [0.2, 0.25) is 0 Å². The molecule has 2 aromatic rings. The van der Waals surface area contributed by atoms with Crippen LogP contribution in [0, 0.1) is 0 Å². The van der Waals surface area contributed by atoms with Crippen molar-refractivity contribution in [3.05, 3.63) is 34.0 Å². The first-order chi connectivity index (χ1) is 13.0. The minimum Gasteiger partial charge on any atom is -0.329 e. The molecule has 1 amide bonds. The van der Waals surface area contributed by atoms with Crippen molar-refractivity contribution in [2.24, 2.45) is 0 Å². The molecule has 2 aliphatic heterocycles. The first-order valence-corrected chi connectivity index (χ1v) is 11.8. The summed E-state index contributed by atoms with van der Waals surface area (Å²) >= 11 is 1.51. The number of hydrogen-bond acceptors (Lipinski definition) is 6. The Labute approximate surface area is 162 Å². The van der Waals surface area contributed by atoms with Gasteiger partial charge in [0.25, 0.3) is 5.91 Å². The highest BCUT2D eigenvalue weighted by molar-refractivity contribution is 7.89. The van der Waals surface area contributed by atoms with E-state index in [1.165, 1.54) is 11.3 Å². The second kappa shape index (κ2) is 7.33. The van der Waals surface area contributed by atoms with Gasteiger partial charge in [0.05, 0.1) is 17.9 Å². The Morgan fingerprint density at radius 2 is 2.15 bits per heavy atom. The molecule has 1 unspecified atom stereocenters. The maximum Gasteiger partial charge on any atom is 0.255 e. The third-order valence-electron chi connectivity index (χ3n) is 5.34. The predicted molar refractivity (Wildman–Crippen MR) is 102 cm³/mol. The van der Waals surface area contributed by atoms with Gasteiger partial charge in [-0.05, 0) is 31.2 Å². The average molecular weight is 410 g/mol. The van der Waals surface area contributed by atoms with Gasteiger partial charge < -0.3 is 9.47 Å². The Morgan fingerprint density at radius 1 is 1.30 bits per heavy atom. The van der Waals surface area contributed by atoms with Gasteiger partial charge in [0.2, 0.25) is 10.0 Å². The van der Waals surface area contributed by atoms with Gasteiger partial charge in [-0.15, -0.1) is 10.2 Å². The first kappa shape index (κ1) is 18.6. The van der Waals surface area contributed by atoms with Crippen molar-refractivity contribution in [3.8, 4) is 0 Å². The van der Waals surface area contributed by atoms with Gasteiger partial charge >= 0.3 is 0 Å². The predicted octanol–water partition coefficient (Wildman–Crippen LogP) is 1.52. The van der Waals surface area contributed by atoms with Crippen LogP contribution in [0.15, 0.2) is 16.8 Å². The lowest BCUT2D eigenvalue weighted by Crippen LogP contribution is -2.42. The van der Waals surface area contributed by atoms with Crippen molar-refractivity contribution in [1.29, 1.82) is 0 Å². The van der Waals surface area contributed by atoms with E-state index >= 15 is 0 Å². The highest BCUT2D eigenvalue weighted by atomic mass is 32.2. The highest BCUT2D eigenvalue weighted by Gasteiger charge is 2.33. The van der Waals surface area contributed by atoms with Crippen molar-refractivity contribution in [3.63, 3.8) is 0 Å². The van der Waals surface area contributed by atoms with Gasteiger partial charge in [-0.1, -0.05) is 0 Å². The van der Waals surface area contributed by atoms with E-state index in [-0.39, 0.29) is 17.6 Å². The zero-order chi connectivity index (χ0) is 19.0. The summed E-state index contributed by atoms with van der Waals surface area (Å²) in [5, 5.41) is 12.4. The van der Waals surface area contributed by atoms with E-state index in [1.54, 1.807) is 16.1 Å². The third kappa shape index (κ3) is 3.53. The molecule has 27 heavy (non-hydrogen) atoms. The molecule has 10 heteroatoms. The average Bonchev–Trinajstić information content (AvgIpc) is 3.37. The molecule has 2 aliphatic rings. The quantitative estimate of drug-likeness (QED) is 0.764. The molecule has 0 saturated carbocycles. The fourth-order valence-corrected chi connectivity index (χ4v) is 5.62. The van der Waals surface area contributed by atoms with Crippen molar-refractivity contribution >= 4 is 27.3 Å². The molecular weight excluding hydrogens is 386 g/mol. The van der Waals surface area contributed by atoms with Crippen molar-refractivity contribution in [2.75, 3.05) is 25.4 Å². The number of carbonyl (C=O) groups excluding carboxylic acids is 1. The molecule has 0 aliphatic carbocycles. The molecular formula is C17H23N5O3S2. The summed E-state index contributed by atoms with van der Waals surface area (Å²) in [7, 11) is -3.19. The van der Waals surface area contributed by atoms with E-state index in [0.717, 1.165) is 24.5 Å². The number of rotatable bonds is 4. The van der Waals surface area contributed by atoms with Gasteiger partial charge in [0.15, 0.2) is 5.82 Å². The lowest BCUT2D eigenvalue weighted by molar-refractivity contribution is 0.0706. The molecule has 0 aromatic carbocycles. The number of aromatic nitrogens is 3. The molecule has 0 spiro atoms. The second-order valence-corrected chi connectivity index (χ2v) is 10.0. The van der Waals surface area contributed by atoms with E-state index in [2.05, 4.69) is 14.8 Å². The molecule has 0 bridgehead atoms. The molecule has 1 atom stereocenters. The summed E-state index contributed by atoms with van der Waals surface area (Å²) in [5.74, 6) is 1.82. The number of nitrogens with zero attached hydrogens (tertiary/aromatic N) is 5. The largest absolute Gasteiger partial charge is 0.329 e. The maximum atomic E-state index is 12.6. The van der Waals surface area contributed by atoms with Crippen LogP contribution in [0.25, 0.3) is 0 Å². The molecule has 4 rings (SSSR count). The zero-order valence-electron chi connectivity index (χ0n) is 15.2. The van der Waals surface area contributed by atoms with Gasteiger partial charge in [-0.25, -0.2) is 12.7 Å². The summed E-state index contributed by atoms with van der Waals surface area (Å²) in [6.07, 6.45) is 1.74. The molecule has 0 N–H and O–H groups in total. The Morgan fingerprint density at radius 3 is 2.89 bits per heavy atom. The molecule has 4 heterocycles. The molecule has 1 fully saturated rings. The van der Waals surface area contributed by atoms with Gasteiger partial charge in [-0.3, -0.25) is 4.79 Å². The van der Waals surface area contributed by atoms with E-state index in [4.69, 9.17) is 0 Å². The Balaban J connectivity index is 1.51. The van der Waals surface area contributed by atoms with Crippen LogP contribution < -0.4 is 0 Å². The molecule has 8 nitrogen and oxygen atoms in total. The lowest BCUT2D eigenvalue weighted by atomic mass is 9.98. The molecule has 146 valence electrons. The fourth-order valence-electron chi connectivity index (χ4n) is 3.81. The Bertz CT molecular complexity index is 923. The van der Waals surface area contributed by atoms with E-state index in [9.17, 15) is 13.2 Å². The standard InChI is InChI=1S/C17H23N5O3S2/c1-2-27(24,25)21-6-3-4-13(10-21)16-19-18-15-11-20(7-8-22(15)16)17(23)14-5-9-26-12-14/h5,9,12-13H,2-4,6-8,10-11H2,1H3. The van der Waals surface area contributed by atoms with Crippen molar-refractivity contribution < 1.29 is 13.2 Å². The topological polar surface area (TPSA) is 88.4 Å². The van der Waals surface area contributed by atoms with Gasteiger partial charge in [0.1, 0.15) is 5.82 Å². The Hall–Kier alpha value is -1.78. The van der Waals surface area contributed by atoms with Crippen LogP contribution in [-0.2, 0) is 23.1 Å². The maximum absolute atomic E-state index is 12.6. The van der Waals surface area contributed by atoms with Crippen LogP contribution in [0.5, 0.6) is 0 Å². The number of thiophene rings is 1. The number of carbonyl (C=O) groups is 1. The monoisotopic (exact) mass is 409 g/mol. The minimum absolute atomic E-state index is 0.0185. The summed E-state index contributed by atoms with van der Waals surface area (Å²) in [5.41, 5.74) is 0.709. The zero-order valence-corrected chi connectivity index (χ0v) is 16.9. The van der Waals surface area contributed by atoms with Crippen LogP contribution in [0.3, 0.4) is 0 Å². The number of piperidine rings is 1. The van der Waals surface area contributed by atoms with Crippen LogP contribution in [-0.4, -0.2) is 63.7 Å². The van der Waals surface area contributed by atoms with Crippen LogP contribution in [0.1, 0.15) is 47.7 Å². The number of amides is 1. The Kier molecular flexibility index (Phi) is 5.04. The van der Waals surface area contributed by atoms with Crippen molar-refractivity contribution in [1.82, 2.24) is 24.0 Å². The third-order valence-corrected chi connectivity index (χ3v) is 7.88. The molecule has 0 radical (unpaired) electrons. The fraction of sp³-hybridized carbons (Fsp3) is 0.588. The minimum atomic E-state index is -3.19. The summed E-state index contributed by atoms with van der Waals surface area (Å²) in [6.45, 7) is 4.41. The summed E-state index contributed by atoms with van der Waals surface area (Å²) in [4.78, 5) is 14.4. The van der Waals surface area contributed by atoms with Gasteiger partial charge in [0, 0.05) is 37.5 Å². The lowest BCUT2D eigenvalue weighted by Gasteiger charge is -2.33. The first-order valence-electron chi connectivity index (χ1n) is 9.21.